The molecule has 0 amide bonds. The Balaban J connectivity index is 1.11. The molecule has 0 fully saturated rings. The molecule has 0 N–H and O–H groups in total. The Kier molecular flexibility index (Phi) is 8.79. The number of fused-ring (bicyclic) bond motifs is 20. The van der Waals surface area contributed by atoms with Crippen molar-refractivity contribution in [1.82, 2.24) is 0 Å². The van der Waals surface area contributed by atoms with Crippen molar-refractivity contribution in [1.29, 1.82) is 0 Å². The van der Waals surface area contributed by atoms with Gasteiger partial charge in [-0.2, -0.15) is 0 Å². The highest BCUT2D eigenvalue weighted by Crippen LogP contribution is 2.53. The predicted molar refractivity (Wildman–Crippen MR) is 312 cm³/mol. The van der Waals surface area contributed by atoms with Crippen molar-refractivity contribution in [3.8, 4) is 0 Å². The lowest BCUT2D eigenvalue weighted by atomic mass is 9.37. The highest BCUT2D eigenvalue weighted by Gasteiger charge is 2.50. The second-order valence-electron chi connectivity index (χ2n) is 21.9. The van der Waals surface area contributed by atoms with E-state index in [1.54, 1.807) is 0 Å². The van der Waals surface area contributed by atoms with Crippen LogP contribution < -0.4 is 26.6 Å². The summed E-state index contributed by atoms with van der Waals surface area (Å²) in [7, 11) is 0. The maximum absolute atomic E-state index is 7.51. The Hall–Kier alpha value is -8.28. The van der Waals surface area contributed by atoms with Crippen LogP contribution in [0.15, 0.2) is 197 Å². The molecule has 0 unspecified atom stereocenters. The normalized spacial score (nSPS) is 13.6. The summed E-state index contributed by atoms with van der Waals surface area (Å²) in [5.41, 5.74) is 13.8. The number of hydrogen-bond acceptors (Lipinski definition) is 4. The van der Waals surface area contributed by atoms with Gasteiger partial charge in [-0.05, 0) is 143 Å². The molecular formula is C68H53BN2O2. The molecule has 11 aromatic carbocycles. The quantitative estimate of drug-likeness (QED) is 0.123. The number of hydrogen-bond donors (Lipinski definition) is 0. The molecule has 0 spiro atoms. The maximum Gasteiger partial charge on any atom is 0.342 e. The van der Waals surface area contributed by atoms with Gasteiger partial charge in [-0.15, -0.1) is 0 Å². The molecule has 2 aliphatic rings. The van der Waals surface area contributed by atoms with Crippen LogP contribution in [0.3, 0.4) is 0 Å². The molecule has 0 aliphatic carbocycles. The lowest BCUT2D eigenvalue weighted by molar-refractivity contribution is 0.506. The van der Waals surface area contributed by atoms with Crippen molar-refractivity contribution in [2.24, 2.45) is 0 Å². The molecule has 0 atom stereocenters. The first kappa shape index (κ1) is 42.4. The van der Waals surface area contributed by atoms with Crippen LogP contribution in [0.2, 0.25) is 0 Å². The van der Waals surface area contributed by atoms with Gasteiger partial charge in [0.15, 0.2) is 0 Å². The number of anilines is 6. The first-order valence-corrected chi connectivity index (χ1v) is 26.2. The molecule has 0 bridgehead atoms. The van der Waals surface area contributed by atoms with Crippen molar-refractivity contribution >= 4 is 144 Å². The van der Waals surface area contributed by atoms with Crippen LogP contribution in [-0.2, 0) is 10.8 Å². The lowest BCUT2D eigenvalue weighted by Gasteiger charge is -2.41. The molecule has 73 heavy (non-hydrogen) atoms. The molecule has 5 heteroatoms. The Labute approximate surface area is 425 Å². The molecule has 15 rings (SSSR count). The molecule has 2 aromatic heterocycles. The fraction of sp³-hybridized carbons (Fsp3) is 0.147. The van der Waals surface area contributed by atoms with E-state index in [0.717, 1.165) is 85.7 Å². The van der Waals surface area contributed by atoms with Crippen LogP contribution >= 0.6 is 0 Å². The smallest absolute Gasteiger partial charge is 0.342 e. The van der Waals surface area contributed by atoms with E-state index in [1.807, 2.05) is 0 Å². The van der Waals surface area contributed by atoms with E-state index >= 15 is 0 Å². The van der Waals surface area contributed by atoms with Gasteiger partial charge in [-0.25, -0.2) is 0 Å². The van der Waals surface area contributed by atoms with E-state index in [2.05, 4.69) is 239 Å². The fourth-order valence-electron chi connectivity index (χ4n) is 12.9. The third-order valence-electron chi connectivity index (χ3n) is 17.5. The zero-order valence-corrected chi connectivity index (χ0v) is 42.1. The summed E-state index contributed by atoms with van der Waals surface area (Å²) in [5, 5.41) is 17.0. The van der Waals surface area contributed by atoms with Crippen LogP contribution in [0.5, 0.6) is 0 Å². The highest BCUT2D eigenvalue weighted by molar-refractivity contribution is 6.99. The number of nitrogens with zero attached hydrogens (tertiary/aromatic N) is 2. The van der Waals surface area contributed by atoms with Gasteiger partial charge in [0.1, 0.15) is 22.5 Å². The van der Waals surface area contributed by atoms with Crippen molar-refractivity contribution in [2.45, 2.75) is 65.2 Å². The minimum absolute atomic E-state index is 0.0490. The zero-order valence-electron chi connectivity index (χ0n) is 42.1. The van der Waals surface area contributed by atoms with E-state index in [9.17, 15) is 0 Å². The number of rotatable bonds is 6. The zero-order chi connectivity index (χ0) is 49.1. The average Bonchev–Trinajstić information content (AvgIpc) is 4.02. The first-order valence-electron chi connectivity index (χ1n) is 26.2. The van der Waals surface area contributed by atoms with E-state index in [0.29, 0.717) is 0 Å². The van der Waals surface area contributed by atoms with Gasteiger partial charge >= 0.3 is 6.71 Å². The standard InChI is InChI=1S/C68H53BN2O2/c1-7-67(3,4)40-34-36-58-52(38-40)63-65(72-58)69-62-56(70(63)54-30-17-28-50-46-22-11-9-20-42(46)44-24-13-15-26-48(44)60(50)54)32-19-33-57(62)71(64-53-39-41(68(5,6)8-2)35-37-59(53)73-66(64)69)55-31-18-29-51-47-23-12-10-21-43(47)45-25-14-16-27-49(45)61(51)55/h9-39H,7-8H2,1-6H3. The van der Waals surface area contributed by atoms with Crippen molar-refractivity contribution < 1.29 is 8.83 Å². The van der Waals surface area contributed by atoms with Gasteiger partial charge in [0.25, 0.3) is 0 Å². The third kappa shape index (κ3) is 5.74. The summed E-state index contributed by atoms with van der Waals surface area (Å²) < 4.78 is 15.0. The van der Waals surface area contributed by atoms with Crippen LogP contribution in [0, 0.1) is 0 Å². The van der Waals surface area contributed by atoms with Gasteiger partial charge in [-0.3, -0.25) is 0 Å². The first-order chi connectivity index (χ1) is 35.6. The van der Waals surface area contributed by atoms with Gasteiger partial charge in [0, 0.05) is 32.9 Å². The number of benzene rings is 11. The summed E-state index contributed by atoms with van der Waals surface area (Å²) in [4.78, 5) is 5.12. The molecule has 4 nitrogen and oxygen atoms in total. The van der Waals surface area contributed by atoms with Crippen LogP contribution in [0.1, 0.15) is 65.5 Å². The van der Waals surface area contributed by atoms with Crippen molar-refractivity contribution in [2.75, 3.05) is 9.80 Å². The highest BCUT2D eigenvalue weighted by atomic mass is 16.3. The molecule has 2 aliphatic heterocycles. The molecule has 4 heterocycles. The number of furan rings is 2. The predicted octanol–water partition coefficient (Wildman–Crippen LogP) is 17.6. The summed E-state index contributed by atoms with van der Waals surface area (Å²) in [6, 6.07) is 70.3. The summed E-state index contributed by atoms with van der Waals surface area (Å²) >= 11 is 0. The third-order valence-corrected chi connectivity index (χ3v) is 17.5. The van der Waals surface area contributed by atoms with Crippen LogP contribution in [-0.4, -0.2) is 6.71 Å². The summed E-state index contributed by atoms with van der Waals surface area (Å²) in [5.74, 6) is 0. The maximum atomic E-state index is 7.51. The Morgan fingerprint density at radius 3 is 1.04 bits per heavy atom. The van der Waals surface area contributed by atoms with E-state index < -0.39 is 0 Å². The van der Waals surface area contributed by atoms with Crippen LogP contribution in [0.25, 0.3) is 86.6 Å². The van der Waals surface area contributed by atoms with Gasteiger partial charge < -0.3 is 18.6 Å². The van der Waals surface area contributed by atoms with E-state index in [1.165, 1.54) is 75.8 Å². The Bertz CT molecular complexity index is 4140. The molecule has 350 valence electrons. The van der Waals surface area contributed by atoms with Crippen LogP contribution in [0.4, 0.5) is 34.1 Å². The van der Waals surface area contributed by atoms with Gasteiger partial charge in [0.2, 0.25) is 0 Å². The molecule has 0 radical (unpaired) electrons. The summed E-state index contributed by atoms with van der Waals surface area (Å²) in [6.45, 7) is 13.6. The SMILES string of the molecule is CCC(C)(C)c1ccc2oc3c(c2c1)N(c1cccc2c4ccccc4c4ccccc4c12)c1cccc2c1B3c1oc3ccc(C(C)(C)CC)cc3c1N2c1cccc2c3ccccc3c3ccccc3c12. The minimum atomic E-state index is -0.353. The largest absolute Gasteiger partial charge is 0.468 e. The second kappa shape index (κ2) is 15.1. The Morgan fingerprint density at radius 2 is 0.671 bits per heavy atom. The van der Waals surface area contributed by atoms with Crippen molar-refractivity contribution in [3.63, 3.8) is 0 Å². The monoisotopic (exact) mass is 940 g/mol. The topological polar surface area (TPSA) is 32.8 Å². The molecule has 0 saturated carbocycles. The molecule has 0 saturated heterocycles. The Morgan fingerprint density at radius 1 is 0.356 bits per heavy atom. The fourth-order valence-corrected chi connectivity index (χ4v) is 12.9. The van der Waals surface area contributed by atoms with E-state index in [4.69, 9.17) is 8.83 Å². The van der Waals surface area contributed by atoms with Crippen molar-refractivity contribution in [3.05, 3.63) is 199 Å². The molecular weight excluding hydrogens is 888 g/mol. The lowest BCUT2D eigenvalue weighted by Crippen LogP contribution is -2.60. The van der Waals surface area contributed by atoms with E-state index in [-0.39, 0.29) is 17.5 Å². The van der Waals surface area contributed by atoms with Gasteiger partial charge in [0.05, 0.1) is 22.7 Å². The second-order valence-corrected chi connectivity index (χ2v) is 21.9. The van der Waals surface area contributed by atoms with Gasteiger partial charge in [-0.1, -0.05) is 181 Å². The summed E-state index contributed by atoms with van der Waals surface area (Å²) in [6.07, 6.45) is 2.02. The molecule has 13 aromatic rings. The average molecular weight is 941 g/mol. The minimum Gasteiger partial charge on any atom is -0.468 e.